The van der Waals surface area contributed by atoms with Crippen molar-refractivity contribution in [3.8, 4) is 11.5 Å². The van der Waals surface area contributed by atoms with Crippen LogP contribution in [0.4, 0.5) is 0 Å². The summed E-state index contributed by atoms with van der Waals surface area (Å²) < 4.78 is 4.95. The summed E-state index contributed by atoms with van der Waals surface area (Å²) in [5.74, 6) is -0.324. The summed E-state index contributed by atoms with van der Waals surface area (Å²) in [6.07, 6.45) is -2.62. The molecule has 0 fully saturated rings. The number of carbonyl (C=O) groups is 1. The monoisotopic (exact) mass is 344 g/mol. The van der Waals surface area contributed by atoms with Gasteiger partial charge >= 0.3 is 0 Å². The van der Waals surface area contributed by atoms with Crippen LogP contribution in [0.25, 0.3) is 0 Å². The number of benzene rings is 1. The van der Waals surface area contributed by atoms with Crippen molar-refractivity contribution in [3.63, 3.8) is 0 Å². The van der Waals surface area contributed by atoms with E-state index in [0.717, 1.165) is 12.0 Å². The topological polar surface area (TPSA) is 148 Å². The number of aliphatic hydroxyl groups is 5. The van der Waals surface area contributed by atoms with Crippen LogP contribution in [-0.4, -0.2) is 75.1 Å². The van der Waals surface area contributed by atoms with Crippen LogP contribution < -0.4 is 4.74 Å². The summed E-state index contributed by atoms with van der Waals surface area (Å²) in [6, 6.07) is 5.27. The van der Waals surface area contributed by atoms with E-state index in [0.29, 0.717) is 5.75 Å². The van der Waals surface area contributed by atoms with E-state index < -0.39 is 37.3 Å². The minimum absolute atomic E-state index is 0.172. The number of allylic oxidation sites excluding steroid dienone is 1. The van der Waals surface area contributed by atoms with Crippen molar-refractivity contribution in [2.75, 3.05) is 20.3 Å². The fourth-order valence-corrected chi connectivity index (χ4v) is 1.62. The molecule has 24 heavy (non-hydrogen) atoms. The van der Waals surface area contributed by atoms with Gasteiger partial charge in [0.15, 0.2) is 17.3 Å². The lowest BCUT2D eigenvalue weighted by atomic mass is 10.1. The molecule has 1 rings (SSSR count). The van der Waals surface area contributed by atoms with Crippen molar-refractivity contribution in [2.24, 2.45) is 0 Å². The second kappa shape index (κ2) is 11.5. The summed E-state index contributed by atoms with van der Waals surface area (Å²) in [4.78, 5) is 10.5. The molecule has 6 N–H and O–H groups in total. The fourth-order valence-electron chi connectivity index (χ4n) is 1.62. The number of phenols is 1. The van der Waals surface area contributed by atoms with E-state index in [9.17, 15) is 9.90 Å². The maximum absolute atomic E-state index is 10.5. The van der Waals surface area contributed by atoms with Crippen LogP contribution in [-0.2, 0) is 11.2 Å². The number of hydrogen-bond donors (Lipinski definition) is 6. The number of aromatic hydroxyl groups is 1. The molecule has 3 unspecified atom stereocenters. The predicted octanol–water partition coefficient (Wildman–Crippen LogP) is -1.25. The Morgan fingerprint density at radius 1 is 1.29 bits per heavy atom. The van der Waals surface area contributed by atoms with Gasteiger partial charge in [-0.25, -0.2) is 0 Å². The molecular formula is C16H24O8. The molecule has 136 valence electrons. The Morgan fingerprint density at radius 3 is 2.38 bits per heavy atom. The number of rotatable bonds is 8. The van der Waals surface area contributed by atoms with Gasteiger partial charge in [-0.3, -0.25) is 4.79 Å². The van der Waals surface area contributed by atoms with Gasteiger partial charge in [-0.15, -0.1) is 6.58 Å². The molecule has 3 atom stereocenters. The second-order valence-corrected chi connectivity index (χ2v) is 4.81. The van der Waals surface area contributed by atoms with E-state index in [4.69, 9.17) is 30.3 Å². The standard InChI is InChI=1S/C10H12O2.C6H12O6/c1-3-4-8-5-6-9(11)10(7-8)12-2;7-1-3(9)5(11)6(12)4(10)2-8/h3,5-7,11H,1,4H2,2H3;3,5-9,11-12H,1-2H2. The van der Waals surface area contributed by atoms with Gasteiger partial charge in [-0.1, -0.05) is 12.1 Å². The molecule has 0 aliphatic carbocycles. The van der Waals surface area contributed by atoms with E-state index in [1.807, 2.05) is 12.1 Å². The van der Waals surface area contributed by atoms with Crippen LogP contribution in [0.1, 0.15) is 5.56 Å². The summed E-state index contributed by atoms with van der Waals surface area (Å²) in [7, 11) is 1.53. The SMILES string of the molecule is C=CCc1ccc(O)c(OC)c1.O=C(CO)C(O)C(O)C(O)CO. The molecule has 0 aliphatic heterocycles. The lowest BCUT2D eigenvalue weighted by molar-refractivity contribution is -0.142. The molecule has 0 bridgehead atoms. The van der Waals surface area contributed by atoms with Crippen molar-refractivity contribution >= 4 is 5.78 Å². The maximum Gasteiger partial charge on any atom is 0.189 e. The number of phenolic OH excluding ortho intramolecular Hbond substituents is 1. The lowest BCUT2D eigenvalue weighted by Crippen LogP contribution is -2.44. The van der Waals surface area contributed by atoms with Crippen LogP contribution in [0.5, 0.6) is 11.5 Å². The molecule has 8 nitrogen and oxygen atoms in total. The van der Waals surface area contributed by atoms with E-state index >= 15 is 0 Å². The first-order valence-electron chi connectivity index (χ1n) is 7.07. The molecular weight excluding hydrogens is 320 g/mol. The first-order chi connectivity index (χ1) is 11.3. The molecule has 0 amide bonds. The van der Waals surface area contributed by atoms with Gasteiger partial charge in [0.1, 0.15) is 24.9 Å². The quantitative estimate of drug-likeness (QED) is 0.321. The number of Topliss-reactive ketones (excluding diaryl/α,β-unsaturated/α-hetero) is 1. The van der Waals surface area contributed by atoms with Gasteiger partial charge in [-0.05, 0) is 24.1 Å². The smallest absolute Gasteiger partial charge is 0.189 e. The van der Waals surface area contributed by atoms with Crippen molar-refractivity contribution in [1.82, 2.24) is 0 Å². The Bertz CT molecular complexity index is 517. The highest BCUT2D eigenvalue weighted by molar-refractivity contribution is 5.84. The molecule has 0 aliphatic rings. The summed E-state index contributed by atoms with van der Waals surface area (Å²) in [5.41, 5.74) is 1.08. The average Bonchev–Trinajstić information content (AvgIpc) is 2.61. The average molecular weight is 344 g/mol. The molecule has 8 heteroatoms. The number of ketones is 1. The number of ether oxygens (including phenoxy) is 1. The third-order valence-electron chi connectivity index (χ3n) is 3.01. The lowest BCUT2D eigenvalue weighted by Gasteiger charge is -2.19. The molecule has 0 heterocycles. The van der Waals surface area contributed by atoms with Gasteiger partial charge < -0.3 is 35.4 Å². The third kappa shape index (κ3) is 7.07. The van der Waals surface area contributed by atoms with Crippen LogP contribution in [0.15, 0.2) is 30.9 Å². The highest BCUT2D eigenvalue weighted by Gasteiger charge is 2.28. The number of carbonyl (C=O) groups excluding carboxylic acids is 1. The molecule has 0 aromatic heterocycles. The molecule has 1 aromatic rings. The van der Waals surface area contributed by atoms with Crippen LogP contribution in [0, 0.1) is 0 Å². The number of methoxy groups -OCH3 is 1. The zero-order valence-electron chi connectivity index (χ0n) is 13.4. The zero-order chi connectivity index (χ0) is 18.7. The van der Waals surface area contributed by atoms with Crippen molar-refractivity contribution < 1.29 is 40.2 Å². The molecule has 0 spiro atoms. The predicted molar refractivity (Wildman–Crippen MR) is 85.8 cm³/mol. The Morgan fingerprint density at radius 2 is 1.92 bits per heavy atom. The number of hydrogen-bond acceptors (Lipinski definition) is 8. The van der Waals surface area contributed by atoms with Gasteiger partial charge in [0.05, 0.1) is 13.7 Å². The minimum atomic E-state index is -1.86. The van der Waals surface area contributed by atoms with Gasteiger partial charge in [0, 0.05) is 0 Å². The molecule has 0 radical (unpaired) electrons. The van der Waals surface area contributed by atoms with Crippen LogP contribution in [0.2, 0.25) is 0 Å². The maximum atomic E-state index is 10.5. The van der Waals surface area contributed by atoms with E-state index in [1.165, 1.54) is 7.11 Å². The third-order valence-corrected chi connectivity index (χ3v) is 3.01. The molecule has 0 saturated carbocycles. The van der Waals surface area contributed by atoms with E-state index in [1.54, 1.807) is 12.1 Å². The first kappa shape index (κ1) is 22.0. The summed E-state index contributed by atoms with van der Waals surface area (Å²) >= 11 is 0. The van der Waals surface area contributed by atoms with E-state index in [-0.39, 0.29) is 5.75 Å². The largest absolute Gasteiger partial charge is 0.504 e. The van der Waals surface area contributed by atoms with Crippen LogP contribution >= 0.6 is 0 Å². The van der Waals surface area contributed by atoms with E-state index in [2.05, 4.69) is 6.58 Å². The summed E-state index contributed by atoms with van der Waals surface area (Å²) in [5, 5.41) is 52.3. The highest BCUT2D eigenvalue weighted by atomic mass is 16.5. The minimum Gasteiger partial charge on any atom is -0.504 e. The van der Waals surface area contributed by atoms with Gasteiger partial charge in [0.2, 0.25) is 0 Å². The van der Waals surface area contributed by atoms with Crippen molar-refractivity contribution in [2.45, 2.75) is 24.7 Å². The highest BCUT2D eigenvalue weighted by Crippen LogP contribution is 2.26. The van der Waals surface area contributed by atoms with Crippen molar-refractivity contribution in [1.29, 1.82) is 0 Å². The second-order valence-electron chi connectivity index (χ2n) is 4.81. The van der Waals surface area contributed by atoms with Crippen LogP contribution in [0.3, 0.4) is 0 Å². The number of aliphatic hydroxyl groups excluding tert-OH is 5. The Balaban J connectivity index is 0.000000441. The normalized spacial score (nSPS) is 13.9. The fraction of sp³-hybridized carbons (Fsp3) is 0.438. The first-order valence-corrected chi connectivity index (χ1v) is 7.07. The van der Waals surface area contributed by atoms with Crippen molar-refractivity contribution in [3.05, 3.63) is 36.4 Å². The Labute approximate surface area is 139 Å². The van der Waals surface area contributed by atoms with Gasteiger partial charge in [-0.2, -0.15) is 0 Å². The Hall–Kier alpha value is -1.97. The van der Waals surface area contributed by atoms with Gasteiger partial charge in [0.25, 0.3) is 0 Å². The summed E-state index contributed by atoms with van der Waals surface area (Å²) in [6.45, 7) is 1.94. The molecule has 0 saturated heterocycles. The Kier molecular flexibility index (Phi) is 10.6. The zero-order valence-corrected chi connectivity index (χ0v) is 13.4. The molecule has 1 aromatic carbocycles.